The van der Waals surface area contributed by atoms with Gasteiger partial charge in [0.15, 0.2) is 17.5 Å². The number of nitrogens with zero attached hydrogens (tertiary/aromatic N) is 3. The van der Waals surface area contributed by atoms with Crippen molar-refractivity contribution in [3.05, 3.63) is 78.8 Å². The van der Waals surface area contributed by atoms with Gasteiger partial charge in [-0.2, -0.15) is 5.10 Å². The lowest BCUT2D eigenvalue weighted by atomic mass is 10.3. The van der Waals surface area contributed by atoms with E-state index in [1.165, 1.54) is 0 Å². The average molecular weight is 358 g/mol. The fourth-order valence-corrected chi connectivity index (χ4v) is 2.51. The molecule has 0 saturated heterocycles. The number of aromatic nitrogens is 4. The SMILES string of the molecule is Cc1cc(Nc2cncc(Nc3cccc(Oc4ccccc4)c3)n2)n[nH]1. The fourth-order valence-electron chi connectivity index (χ4n) is 2.51. The van der Waals surface area contributed by atoms with Crippen LogP contribution in [-0.2, 0) is 0 Å². The number of H-pyrrole nitrogens is 1. The van der Waals surface area contributed by atoms with Gasteiger partial charge >= 0.3 is 0 Å². The normalized spacial score (nSPS) is 10.4. The van der Waals surface area contributed by atoms with Gasteiger partial charge in [-0.05, 0) is 31.2 Å². The molecule has 0 atom stereocenters. The van der Waals surface area contributed by atoms with E-state index in [2.05, 4.69) is 30.8 Å². The van der Waals surface area contributed by atoms with Crippen molar-refractivity contribution in [3.63, 3.8) is 0 Å². The molecule has 0 amide bonds. The van der Waals surface area contributed by atoms with Crippen molar-refractivity contribution in [2.75, 3.05) is 10.6 Å². The van der Waals surface area contributed by atoms with Crippen molar-refractivity contribution in [1.29, 1.82) is 0 Å². The first kappa shape index (κ1) is 16.6. The Kier molecular flexibility index (Phi) is 4.65. The maximum atomic E-state index is 5.86. The summed E-state index contributed by atoms with van der Waals surface area (Å²) in [5, 5.41) is 13.4. The number of ether oxygens (including phenoxy) is 1. The summed E-state index contributed by atoms with van der Waals surface area (Å²) < 4.78 is 5.86. The van der Waals surface area contributed by atoms with Crippen molar-refractivity contribution in [1.82, 2.24) is 20.2 Å². The molecule has 2 aromatic carbocycles. The summed E-state index contributed by atoms with van der Waals surface area (Å²) in [6.45, 7) is 1.94. The zero-order valence-electron chi connectivity index (χ0n) is 14.7. The quantitative estimate of drug-likeness (QED) is 0.459. The van der Waals surface area contributed by atoms with E-state index < -0.39 is 0 Å². The van der Waals surface area contributed by atoms with E-state index in [4.69, 9.17) is 4.74 Å². The molecule has 3 N–H and O–H groups in total. The molecule has 27 heavy (non-hydrogen) atoms. The molecule has 134 valence electrons. The largest absolute Gasteiger partial charge is 0.457 e. The fraction of sp³-hybridized carbons (Fsp3) is 0.0500. The van der Waals surface area contributed by atoms with E-state index in [1.54, 1.807) is 12.4 Å². The number of anilines is 4. The Labute approximate surface area is 156 Å². The lowest BCUT2D eigenvalue weighted by Crippen LogP contribution is -1.99. The predicted octanol–water partition coefficient (Wildman–Crippen LogP) is 4.79. The zero-order valence-corrected chi connectivity index (χ0v) is 14.7. The molecule has 7 nitrogen and oxygen atoms in total. The molecule has 0 saturated carbocycles. The van der Waals surface area contributed by atoms with Gasteiger partial charge in [0.25, 0.3) is 0 Å². The predicted molar refractivity (Wildman–Crippen MR) is 105 cm³/mol. The Morgan fingerprint density at radius 2 is 1.59 bits per heavy atom. The highest BCUT2D eigenvalue weighted by Crippen LogP contribution is 2.25. The minimum atomic E-state index is 0.600. The van der Waals surface area contributed by atoms with Gasteiger partial charge < -0.3 is 15.4 Å². The van der Waals surface area contributed by atoms with E-state index in [9.17, 15) is 0 Å². The lowest BCUT2D eigenvalue weighted by Gasteiger charge is -2.10. The van der Waals surface area contributed by atoms with Crippen LogP contribution in [0.3, 0.4) is 0 Å². The van der Waals surface area contributed by atoms with E-state index in [-0.39, 0.29) is 0 Å². The van der Waals surface area contributed by atoms with Gasteiger partial charge in [-0.15, -0.1) is 0 Å². The Morgan fingerprint density at radius 1 is 0.815 bits per heavy atom. The molecule has 4 rings (SSSR count). The molecule has 4 aromatic rings. The summed E-state index contributed by atoms with van der Waals surface area (Å²) in [6.07, 6.45) is 3.30. The molecule has 0 aliphatic heterocycles. The highest BCUT2D eigenvalue weighted by molar-refractivity contribution is 5.60. The number of aryl methyl sites for hydroxylation is 1. The summed E-state index contributed by atoms with van der Waals surface area (Å²) in [4.78, 5) is 8.72. The van der Waals surface area contributed by atoms with Gasteiger partial charge in [0, 0.05) is 23.5 Å². The molecule has 0 radical (unpaired) electrons. The molecule has 0 aliphatic carbocycles. The van der Waals surface area contributed by atoms with Gasteiger partial charge in [-0.3, -0.25) is 10.1 Å². The number of hydrogen-bond acceptors (Lipinski definition) is 6. The summed E-state index contributed by atoms with van der Waals surface area (Å²) in [5.41, 5.74) is 1.82. The molecule has 0 unspecified atom stereocenters. The molecule has 0 spiro atoms. The summed E-state index contributed by atoms with van der Waals surface area (Å²) in [5.74, 6) is 3.43. The molecular weight excluding hydrogens is 340 g/mol. The van der Waals surface area contributed by atoms with Crippen LogP contribution in [0.4, 0.5) is 23.1 Å². The third kappa shape index (κ3) is 4.40. The van der Waals surface area contributed by atoms with Crippen molar-refractivity contribution in [3.8, 4) is 11.5 Å². The van der Waals surface area contributed by atoms with Crippen LogP contribution in [0.5, 0.6) is 11.5 Å². The maximum absolute atomic E-state index is 5.86. The Morgan fingerprint density at radius 3 is 2.37 bits per heavy atom. The number of para-hydroxylation sites is 1. The standard InChI is InChI=1S/C20H18N6O/c1-14-10-18(26-25-14)23-20-13-21-12-19(24-20)22-15-6-5-9-17(11-15)27-16-7-3-2-4-8-16/h2-13H,1H3,(H3,22,23,24,25,26). The van der Waals surface area contributed by atoms with Crippen molar-refractivity contribution in [2.24, 2.45) is 0 Å². The van der Waals surface area contributed by atoms with Crippen LogP contribution in [0.2, 0.25) is 0 Å². The van der Waals surface area contributed by atoms with Crippen LogP contribution in [0.25, 0.3) is 0 Å². The lowest BCUT2D eigenvalue weighted by molar-refractivity contribution is 0.483. The number of nitrogens with one attached hydrogen (secondary N) is 3. The third-order valence-electron chi connectivity index (χ3n) is 3.68. The van der Waals surface area contributed by atoms with Gasteiger partial charge in [0.1, 0.15) is 11.5 Å². The van der Waals surface area contributed by atoms with Crippen molar-refractivity contribution >= 4 is 23.1 Å². The zero-order chi connectivity index (χ0) is 18.5. The molecule has 2 aromatic heterocycles. The first-order valence-electron chi connectivity index (χ1n) is 8.46. The minimum absolute atomic E-state index is 0.600. The monoisotopic (exact) mass is 358 g/mol. The third-order valence-corrected chi connectivity index (χ3v) is 3.68. The highest BCUT2D eigenvalue weighted by atomic mass is 16.5. The van der Waals surface area contributed by atoms with Crippen molar-refractivity contribution < 1.29 is 4.74 Å². The van der Waals surface area contributed by atoms with Gasteiger partial charge in [0.2, 0.25) is 0 Å². The van der Waals surface area contributed by atoms with E-state index in [1.807, 2.05) is 67.6 Å². The second kappa shape index (κ2) is 7.57. The number of rotatable bonds is 6. The number of aromatic amines is 1. The first-order chi connectivity index (χ1) is 13.2. The number of benzene rings is 2. The van der Waals surface area contributed by atoms with E-state index >= 15 is 0 Å². The second-order valence-electron chi connectivity index (χ2n) is 5.92. The first-order valence-corrected chi connectivity index (χ1v) is 8.46. The van der Waals surface area contributed by atoms with Gasteiger partial charge in [-0.25, -0.2) is 4.98 Å². The van der Waals surface area contributed by atoms with Gasteiger partial charge in [-0.1, -0.05) is 24.3 Å². The van der Waals surface area contributed by atoms with Crippen LogP contribution in [0, 0.1) is 6.92 Å². The summed E-state index contributed by atoms with van der Waals surface area (Å²) in [6, 6.07) is 19.2. The van der Waals surface area contributed by atoms with Crippen LogP contribution in [0.1, 0.15) is 5.69 Å². The molecule has 0 fully saturated rings. The smallest absolute Gasteiger partial charge is 0.153 e. The molecular formula is C20H18N6O. The Bertz CT molecular complexity index is 1030. The topological polar surface area (TPSA) is 87.8 Å². The van der Waals surface area contributed by atoms with Crippen LogP contribution in [-0.4, -0.2) is 20.2 Å². The number of hydrogen-bond donors (Lipinski definition) is 3. The Balaban J connectivity index is 1.47. The molecule has 7 heteroatoms. The summed E-state index contributed by atoms with van der Waals surface area (Å²) >= 11 is 0. The average Bonchev–Trinajstić information content (AvgIpc) is 3.08. The molecule has 0 aliphatic rings. The van der Waals surface area contributed by atoms with E-state index in [0.717, 1.165) is 22.9 Å². The highest BCUT2D eigenvalue weighted by Gasteiger charge is 2.04. The second-order valence-corrected chi connectivity index (χ2v) is 5.92. The minimum Gasteiger partial charge on any atom is -0.457 e. The van der Waals surface area contributed by atoms with Crippen LogP contribution in [0.15, 0.2) is 73.1 Å². The Hall–Kier alpha value is -3.87. The van der Waals surface area contributed by atoms with E-state index in [0.29, 0.717) is 17.5 Å². The van der Waals surface area contributed by atoms with Gasteiger partial charge in [0.05, 0.1) is 12.4 Å². The van der Waals surface area contributed by atoms with Crippen LogP contribution >= 0.6 is 0 Å². The molecule has 0 bridgehead atoms. The van der Waals surface area contributed by atoms with Crippen molar-refractivity contribution in [2.45, 2.75) is 6.92 Å². The molecule has 2 heterocycles. The maximum Gasteiger partial charge on any atom is 0.153 e. The van der Waals surface area contributed by atoms with Crippen LogP contribution < -0.4 is 15.4 Å². The summed E-state index contributed by atoms with van der Waals surface area (Å²) in [7, 11) is 0.